The Morgan fingerprint density at radius 2 is 2.00 bits per heavy atom. The number of hydrogen-bond donors (Lipinski definition) is 1. The maximum absolute atomic E-state index is 12.8. The summed E-state index contributed by atoms with van der Waals surface area (Å²) in [4.78, 5) is 29.4. The molecule has 0 spiro atoms. The minimum atomic E-state index is -0.365. The van der Waals surface area contributed by atoms with E-state index in [1.165, 1.54) is 21.8 Å². The second-order valence-corrected chi connectivity index (χ2v) is 7.31. The van der Waals surface area contributed by atoms with E-state index in [1.807, 2.05) is 19.1 Å². The highest BCUT2D eigenvalue weighted by Crippen LogP contribution is 2.20. The molecule has 2 aromatic carbocycles. The standard InChI is InChI=1S/C20H15Cl2N5O2/c1-12-5-6-14(8-17(12)22)25-18(28)10-26-11-23-19-16(20(26)29)9-24-27(19)15-4-2-3-13(21)7-15/h2-9,11H,10H2,1H3,(H,25,28). The van der Waals surface area contributed by atoms with Gasteiger partial charge in [0, 0.05) is 15.7 Å². The molecule has 2 aromatic heterocycles. The molecular formula is C20H15Cl2N5O2. The van der Waals surface area contributed by atoms with Crippen molar-refractivity contribution < 1.29 is 4.79 Å². The monoisotopic (exact) mass is 427 g/mol. The third-order valence-corrected chi connectivity index (χ3v) is 5.02. The van der Waals surface area contributed by atoms with Crippen LogP contribution in [-0.4, -0.2) is 25.2 Å². The third-order valence-electron chi connectivity index (χ3n) is 4.38. The number of aryl methyl sites for hydroxylation is 1. The molecule has 7 nitrogen and oxygen atoms in total. The molecule has 2 heterocycles. The van der Waals surface area contributed by atoms with E-state index in [2.05, 4.69) is 15.4 Å². The van der Waals surface area contributed by atoms with Crippen molar-refractivity contribution in [3.05, 3.63) is 81.0 Å². The molecule has 1 N–H and O–H groups in total. The van der Waals surface area contributed by atoms with Crippen LogP contribution in [0.15, 0.2) is 59.8 Å². The SMILES string of the molecule is Cc1ccc(NC(=O)Cn2cnc3c(cnn3-c3cccc(Cl)c3)c2=O)cc1Cl. The van der Waals surface area contributed by atoms with Crippen LogP contribution in [0.1, 0.15) is 5.56 Å². The smallest absolute Gasteiger partial charge is 0.264 e. The van der Waals surface area contributed by atoms with Crippen LogP contribution in [0.4, 0.5) is 5.69 Å². The Morgan fingerprint density at radius 1 is 1.17 bits per heavy atom. The van der Waals surface area contributed by atoms with Crippen LogP contribution < -0.4 is 10.9 Å². The Hall–Kier alpha value is -3.16. The number of rotatable bonds is 4. The third kappa shape index (κ3) is 3.87. The van der Waals surface area contributed by atoms with Crippen molar-refractivity contribution in [1.29, 1.82) is 0 Å². The van der Waals surface area contributed by atoms with Gasteiger partial charge < -0.3 is 5.32 Å². The summed E-state index contributed by atoms with van der Waals surface area (Å²) in [5.74, 6) is -0.365. The summed E-state index contributed by atoms with van der Waals surface area (Å²) in [5.41, 5.74) is 2.18. The van der Waals surface area contributed by atoms with Crippen LogP contribution >= 0.6 is 23.2 Å². The molecule has 9 heteroatoms. The van der Waals surface area contributed by atoms with Gasteiger partial charge in [-0.3, -0.25) is 14.2 Å². The van der Waals surface area contributed by atoms with Gasteiger partial charge in [-0.2, -0.15) is 5.10 Å². The van der Waals surface area contributed by atoms with E-state index < -0.39 is 0 Å². The molecule has 0 bridgehead atoms. The van der Waals surface area contributed by atoms with Crippen LogP contribution in [-0.2, 0) is 11.3 Å². The number of aromatic nitrogens is 4. The van der Waals surface area contributed by atoms with Gasteiger partial charge in [-0.15, -0.1) is 0 Å². The molecule has 146 valence electrons. The van der Waals surface area contributed by atoms with Gasteiger partial charge in [-0.05, 0) is 42.8 Å². The Labute approximate surface area is 175 Å². The van der Waals surface area contributed by atoms with Gasteiger partial charge in [0.25, 0.3) is 5.56 Å². The zero-order valence-corrected chi connectivity index (χ0v) is 16.8. The maximum atomic E-state index is 12.8. The van der Waals surface area contributed by atoms with Crippen LogP contribution in [0, 0.1) is 6.92 Å². The Bertz CT molecular complexity index is 1300. The molecule has 0 saturated heterocycles. The summed E-state index contributed by atoms with van der Waals surface area (Å²) in [6, 6.07) is 12.3. The Morgan fingerprint density at radius 3 is 2.76 bits per heavy atom. The lowest BCUT2D eigenvalue weighted by Gasteiger charge is -2.09. The number of amides is 1. The molecule has 0 fully saturated rings. The lowest BCUT2D eigenvalue weighted by molar-refractivity contribution is -0.116. The zero-order valence-electron chi connectivity index (χ0n) is 15.3. The average Bonchev–Trinajstić information content (AvgIpc) is 3.12. The summed E-state index contributed by atoms with van der Waals surface area (Å²) in [6.45, 7) is 1.69. The predicted molar refractivity (Wildman–Crippen MR) is 113 cm³/mol. The molecule has 4 rings (SSSR count). The fourth-order valence-electron chi connectivity index (χ4n) is 2.88. The van der Waals surface area contributed by atoms with Crippen molar-refractivity contribution in [3.8, 4) is 5.69 Å². The minimum absolute atomic E-state index is 0.185. The molecule has 0 unspecified atom stereocenters. The fraction of sp³-hybridized carbons (Fsp3) is 0.100. The van der Waals surface area contributed by atoms with Gasteiger partial charge >= 0.3 is 0 Å². The Kier molecular flexibility index (Phi) is 5.08. The zero-order chi connectivity index (χ0) is 20.5. The van der Waals surface area contributed by atoms with E-state index >= 15 is 0 Å². The highest BCUT2D eigenvalue weighted by Gasteiger charge is 2.14. The van der Waals surface area contributed by atoms with Gasteiger partial charge in [0.2, 0.25) is 5.91 Å². The van der Waals surface area contributed by atoms with Crippen LogP contribution in [0.3, 0.4) is 0 Å². The molecule has 1 amide bonds. The van der Waals surface area contributed by atoms with Crippen molar-refractivity contribution >= 4 is 45.8 Å². The van der Waals surface area contributed by atoms with Crippen LogP contribution in [0.5, 0.6) is 0 Å². The molecular weight excluding hydrogens is 413 g/mol. The molecule has 0 aliphatic carbocycles. The lowest BCUT2D eigenvalue weighted by atomic mass is 10.2. The number of anilines is 1. The number of carbonyl (C=O) groups excluding carboxylic acids is 1. The van der Waals surface area contributed by atoms with E-state index in [4.69, 9.17) is 23.2 Å². The number of nitrogens with one attached hydrogen (secondary N) is 1. The van der Waals surface area contributed by atoms with E-state index in [-0.39, 0.29) is 18.0 Å². The van der Waals surface area contributed by atoms with Crippen molar-refractivity contribution in [2.45, 2.75) is 13.5 Å². The van der Waals surface area contributed by atoms with Crippen molar-refractivity contribution in [3.63, 3.8) is 0 Å². The van der Waals surface area contributed by atoms with E-state index in [1.54, 1.807) is 30.3 Å². The number of nitrogens with zero attached hydrogens (tertiary/aromatic N) is 4. The summed E-state index contributed by atoms with van der Waals surface area (Å²) >= 11 is 12.1. The summed E-state index contributed by atoms with van der Waals surface area (Å²) in [5, 5.41) is 8.37. The minimum Gasteiger partial charge on any atom is -0.324 e. The van der Waals surface area contributed by atoms with Crippen molar-refractivity contribution in [1.82, 2.24) is 19.3 Å². The molecule has 4 aromatic rings. The quantitative estimate of drug-likeness (QED) is 0.536. The first-order valence-corrected chi connectivity index (χ1v) is 9.43. The molecule has 0 atom stereocenters. The first kappa shape index (κ1) is 19.2. The fourth-order valence-corrected chi connectivity index (χ4v) is 3.25. The maximum Gasteiger partial charge on any atom is 0.264 e. The number of hydrogen-bond acceptors (Lipinski definition) is 4. The summed E-state index contributed by atoms with van der Waals surface area (Å²) < 4.78 is 2.76. The van der Waals surface area contributed by atoms with Crippen molar-refractivity contribution in [2.75, 3.05) is 5.32 Å². The highest BCUT2D eigenvalue weighted by molar-refractivity contribution is 6.31. The molecule has 0 aliphatic rings. The normalized spacial score (nSPS) is 11.0. The van der Waals surface area contributed by atoms with E-state index in [9.17, 15) is 9.59 Å². The van der Waals surface area contributed by atoms with Crippen LogP contribution in [0.25, 0.3) is 16.7 Å². The van der Waals surface area contributed by atoms with Crippen molar-refractivity contribution in [2.24, 2.45) is 0 Å². The molecule has 0 saturated carbocycles. The second-order valence-electron chi connectivity index (χ2n) is 6.46. The van der Waals surface area contributed by atoms with Gasteiger partial charge in [-0.1, -0.05) is 35.3 Å². The largest absolute Gasteiger partial charge is 0.324 e. The second kappa shape index (κ2) is 7.69. The highest BCUT2D eigenvalue weighted by atomic mass is 35.5. The number of fused-ring (bicyclic) bond motifs is 1. The van der Waals surface area contributed by atoms with Gasteiger partial charge in [0.05, 0.1) is 11.9 Å². The van der Waals surface area contributed by atoms with Gasteiger partial charge in [0.15, 0.2) is 5.65 Å². The predicted octanol–water partition coefficient (Wildman–Crippen LogP) is 3.84. The van der Waals surface area contributed by atoms with Gasteiger partial charge in [0.1, 0.15) is 18.3 Å². The van der Waals surface area contributed by atoms with Crippen LogP contribution in [0.2, 0.25) is 10.0 Å². The molecule has 0 radical (unpaired) electrons. The first-order valence-electron chi connectivity index (χ1n) is 8.67. The Balaban J connectivity index is 1.60. The first-order chi connectivity index (χ1) is 13.9. The topological polar surface area (TPSA) is 81.8 Å². The average molecular weight is 428 g/mol. The lowest BCUT2D eigenvalue weighted by Crippen LogP contribution is -2.27. The molecule has 29 heavy (non-hydrogen) atoms. The van der Waals surface area contributed by atoms with E-state index in [0.717, 1.165) is 5.56 Å². The number of benzene rings is 2. The number of halogens is 2. The number of carbonyl (C=O) groups is 1. The summed E-state index contributed by atoms with van der Waals surface area (Å²) in [6.07, 6.45) is 2.76. The van der Waals surface area contributed by atoms with E-state index in [0.29, 0.717) is 32.5 Å². The summed E-state index contributed by atoms with van der Waals surface area (Å²) in [7, 11) is 0. The molecule has 0 aliphatic heterocycles. The van der Waals surface area contributed by atoms with Gasteiger partial charge in [-0.25, -0.2) is 9.67 Å².